The van der Waals surface area contributed by atoms with E-state index < -0.39 is 10.0 Å². The van der Waals surface area contributed by atoms with E-state index in [0.29, 0.717) is 35.8 Å². The van der Waals surface area contributed by atoms with Crippen LogP contribution in [0.3, 0.4) is 0 Å². The number of nitrogens with zero attached hydrogens (tertiary/aromatic N) is 1. The molecule has 1 unspecified atom stereocenters. The van der Waals surface area contributed by atoms with Gasteiger partial charge in [-0.1, -0.05) is 11.6 Å². The number of rotatable bonds is 5. The van der Waals surface area contributed by atoms with Gasteiger partial charge in [0, 0.05) is 18.8 Å². The number of ether oxygens (including phenoxy) is 1. The van der Waals surface area contributed by atoms with Gasteiger partial charge < -0.3 is 10.1 Å². The zero-order chi connectivity index (χ0) is 17.0. The summed E-state index contributed by atoms with van der Waals surface area (Å²) in [5, 5.41) is 3.20. The van der Waals surface area contributed by atoms with Crippen LogP contribution in [0.4, 0.5) is 5.69 Å². The maximum atomic E-state index is 12.4. The summed E-state index contributed by atoms with van der Waals surface area (Å²) in [5.74, 6) is 0.0332. The first kappa shape index (κ1) is 18.0. The van der Waals surface area contributed by atoms with Gasteiger partial charge in [0.2, 0.25) is 15.9 Å². The van der Waals surface area contributed by atoms with Crippen molar-refractivity contribution in [2.45, 2.75) is 19.8 Å². The van der Waals surface area contributed by atoms with Crippen LogP contribution in [0.1, 0.15) is 19.8 Å². The molecule has 1 atom stereocenters. The predicted molar refractivity (Wildman–Crippen MR) is 90.4 cm³/mol. The minimum atomic E-state index is -3.26. The zero-order valence-electron chi connectivity index (χ0n) is 13.2. The molecule has 6 nitrogen and oxygen atoms in total. The predicted octanol–water partition coefficient (Wildman–Crippen LogP) is 2.35. The molecule has 1 aromatic carbocycles. The topological polar surface area (TPSA) is 75.7 Å². The largest absolute Gasteiger partial charge is 0.495 e. The molecule has 0 aliphatic carbocycles. The van der Waals surface area contributed by atoms with E-state index in [2.05, 4.69) is 5.32 Å². The molecule has 23 heavy (non-hydrogen) atoms. The Morgan fingerprint density at radius 2 is 2.22 bits per heavy atom. The summed E-state index contributed by atoms with van der Waals surface area (Å²) in [6.45, 7) is 2.32. The maximum Gasteiger partial charge on any atom is 0.228 e. The number of methoxy groups -OCH3 is 1. The van der Waals surface area contributed by atoms with Crippen LogP contribution in [0.2, 0.25) is 5.02 Å². The zero-order valence-corrected chi connectivity index (χ0v) is 14.8. The minimum absolute atomic E-state index is 0.0510. The van der Waals surface area contributed by atoms with E-state index in [4.69, 9.17) is 16.3 Å². The lowest BCUT2D eigenvalue weighted by Crippen LogP contribution is -2.44. The second kappa shape index (κ2) is 7.51. The van der Waals surface area contributed by atoms with Crippen LogP contribution in [-0.2, 0) is 14.8 Å². The van der Waals surface area contributed by atoms with Crippen LogP contribution < -0.4 is 10.1 Å². The third-order valence-electron chi connectivity index (χ3n) is 3.93. The van der Waals surface area contributed by atoms with Crippen molar-refractivity contribution < 1.29 is 17.9 Å². The molecular formula is C15H21ClN2O4S. The molecule has 1 saturated heterocycles. The Kier molecular flexibility index (Phi) is 5.89. The molecule has 1 heterocycles. The highest BCUT2D eigenvalue weighted by Crippen LogP contribution is 2.28. The fourth-order valence-corrected chi connectivity index (χ4v) is 4.02. The maximum absolute atomic E-state index is 12.4. The molecule has 1 fully saturated rings. The number of anilines is 1. The molecule has 0 aromatic heterocycles. The Hall–Kier alpha value is -1.31. The quantitative estimate of drug-likeness (QED) is 0.874. The first-order valence-corrected chi connectivity index (χ1v) is 9.48. The molecule has 128 valence electrons. The number of hydrogen-bond acceptors (Lipinski definition) is 4. The van der Waals surface area contributed by atoms with E-state index in [1.807, 2.05) is 0 Å². The van der Waals surface area contributed by atoms with Gasteiger partial charge in [0.05, 0.1) is 23.8 Å². The van der Waals surface area contributed by atoms with Gasteiger partial charge in [-0.2, -0.15) is 0 Å². The molecule has 1 amide bonds. The van der Waals surface area contributed by atoms with Crippen LogP contribution in [0.25, 0.3) is 0 Å². The molecule has 0 spiro atoms. The van der Waals surface area contributed by atoms with Crippen LogP contribution in [0.15, 0.2) is 18.2 Å². The highest BCUT2D eigenvalue weighted by molar-refractivity contribution is 7.89. The SMILES string of the molecule is CCS(=O)(=O)N1CCCC(C(=O)Nc2ccc(OC)c(Cl)c2)C1. The van der Waals surface area contributed by atoms with Crippen molar-refractivity contribution in [3.8, 4) is 5.75 Å². The van der Waals surface area contributed by atoms with Gasteiger partial charge in [-0.3, -0.25) is 4.79 Å². The van der Waals surface area contributed by atoms with Gasteiger partial charge in [0.25, 0.3) is 0 Å². The van der Waals surface area contributed by atoms with Crippen molar-refractivity contribution in [3.05, 3.63) is 23.2 Å². The van der Waals surface area contributed by atoms with Crippen molar-refractivity contribution in [1.29, 1.82) is 0 Å². The third-order valence-corrected chi connectivity index (χ3v) is 6.08. The Morgan fingerprint density at radius 3 is 2.83 bits per heavy atom. The van der Waals surface area contributed by atoms with E-state index in [1.54, 1.807) is 25.1 Å². The van der Waals surface area contributed by atoms with Crippen LogP contribution in [0.5, 0.6) is 5.75 Å². The van der Waals surface area contributed by atoms with Gasteiger partial charge in [0.15, 0.2) is 0 Å². The Labute approximate surface area is 141 Å². The lowest BCUT2D eigenvalue weighted by Gasteiger charge is -2.30. The number of hydrogen-bond donors (Lipinski definition) is 1. The second-order valence-corrected chi connectivity index (χ2v) is 8.10. The molecule has 1 aliphatic rings. The number of carbonyl (C=O) groups is 1. The van der Waals surface area contributed by atoms with Gasteiger partial charge in [-0.05, 0) is 38.0 Å². The molecule has 8 heteroatoms. The average Bonchev–Trinajstić information content (AvgIpc) is 2.55. The highest BCUT2D eigenvalue weighted by atomic mass is 35.5. The standard InChI is InChI=1S/C15H21ClN2O4S/c1-3-23(20,21)18-8-4-5-11(10-18)15(19)17-12-6-7-14(22-2)13(16)9-12/h6-7,9,11H,3-5,8,10H2,1-2H3,(H,17,19). The molecule has 1 aliphatic heterocycles. The summed E-state index contributed by atoms with van der Waals surface area (Å²) in [6.07, 6.45) is 1.35. The third kappa shape index (κ3) is 4.37. The van der Waals surface area contributed by atoms with E-state index in [9.17, 15) is 13.2 Å². The Bertz CT molecular complexity index is 678. The Balaban J connectivity index is 2.04. The molecular weight excluding hydrogens is 340 g/mol. The minimum Gasteiger partial charge on any atom is -0.495 e. The van der Waals surface area contributed by atoms with Crippen molar-refractivity contribution in [1.82, 2.24) is 4.31 Å². The normalized spacial score (nSPS) is 19.3. The fourth-order valence-electron chi connectivity index (χ4n) is 2.58. The summed E-state index contributed by atoms with van der Waals surface area (Å²) < 4.78 is 30.4. The van der Waals surface area contributed by atoms with Crippen molar-refractivity contribution in [3.63, 3.8) is 0 Å². The highest BCUT2D eigenvalue weighted by Gasteiger charge is 2.31. The van der Waals surface area contributed by atoms with Crippen molar-refractivity contribution in [2.75, 3.05) is 31.3 Å². The monoisotopic (exact) mass is 360 g/mol. The molecule has 1 N–H and O–H groups in total. The lowest BCUT2D eigenvalue weighted by molar-refractivity contribution is -0.120. The number of sulfonamides is 1. The molecule has 1 aromatic rings. The summed E-state index contributed by atoms with van der Waals surface area (Å²) >= 11 is 6.04. The van der Waals surface area contributed by atoms with E-state index in [0.717, 1.165) is 0 Å². The fraction of sp³-hybridized carbons (Fsp3) is 0.533. The number of carbonyl (C=O) groups excluding carboxylic acids is 1. The number of nitrogens with one attached hydrogen (secondary N) is 1. The smallest absolute Gasteiger partial charge is 0.228 e. The molecule has 0 bridgehead atoms. The molecule has 0 radical (unpaired) electrons. The average molecular weight is 361 g/mol. The molecule has 0 saturated carbocycles. The number of halogens is 1. The first-order chi connectivity index (χ1) is 10.9. The van der Waals surface area contributed by atoms with Crippen LogP contribution in [-0.4, -0.2) is 44.6 Å². The van der Waals surface area contributed by atoms with Crippen molar-refractivity contribution in [2.24, 2.45) is 5.92 Å². The summed E-state index contributed by atoms with van der Waals surface area (Å²) in [4.78, 5) is 12.4. The van der Waals surface area contributed by atoms with E-state index in [1.165, 1.54) is 11.4 Å². The first-order valence-electron chi connectivity index (χ1n) is 7.49. The van der Waals surface area contributed by atoms with Crippen LogP contribution in [0, 0.1) is 5.92 Å². The van der Waals surface area contributed by atoms with Gasteiger partial charge >= 0.3 is 0 Å². The van der Waals surface area contributed by atoms with Gasteiger partial charge in [-0.25, -0.2) is 12.7 Å². The number of piperidine rings is 1. The van der Waals surface area contributed by atoms with Crippen molar-refractivity contribution >= 4 is 33.2 Å². The second-order valence-electron chi connectivity index (χ2n) is 5.44. The Morgan fingerprint density at radius 1 is 1.48 bits per heavy atom. The van der Waals surface area contributed by atoms with Gasteiger partial charge in [0.1, 0.15) is 5.75 Å². The number of benzene rings is 1. The van der Waals surface area contributed by atoms with Gasteiger partial charge in [-0.15, -0.1) is 0 Å². The lowest BCUT2D eigenvalue weighted by atomic mass is 9.98. The number of amides is 1. The summed E-state index contributed by atoms with van der Waals surface area (Å²) in [6, 6.07) is 4.99. The molecule has 2 rings (SSSR count). The summed E-state index contributed by atoms with van der Waals surface area (Å²) in [5.41, 5.74) is 0.566. The van der Waals surface area contributed by atoms with E-state index in [-0.39, 0.29) is 24.1 Å². The van der Waals surface area contributed by atoms with E-state index >= 15 is 0 Å². The summed E-state index contributed by atoms with van der Waals surface area (Å²) in [7, 11) is -1.74. The van der Waals surface area contributed by atoms with Crippen LogP contribution >= 0.6 is 11.6 Å².